The minimum Gasteiger partial charge on any atom is -0.465 e. The lowest BCUT2D eigenvalue weighted by Gasteiger charge is -2.03. The molecule has 0 aliphatic heterocycles. The summed E-state index contributed by atoms with van der Waals surface area (Å²) in [4.78, 5) is 20.7. The summed E-state index contributed by atoms with van der Waals surface area (Å²) >= 11 is 0. The Hall–Kier alpha value is -3.40. The number of imidazole rings is 1. The Morgan fingerprint density at radius 1 is 0.958 bits per heavy atom. The Morgan fingerprint density at radius 2 is 1.75 bits per heavy atom. The molecular weight excluding hydrogens is 300 g/mol. The first kappa shape index (κ1) is 14.2. The molecule has 4 rings (SSSR count). The number of carbonyl (C=O) groups excluding carboxylic acids is 1. The monoisotopic (exact) mass is 314 g/mol. The molecule has 0 unspecified atom stereocenters. The SMILES string of the molecule is O=C(C(=Cc1ccco1)c1nc2ccccc2[nH]1)c1ccccc1. The molecule has 4 nitrogen and oxygen atoms in total. The number of benzene rings is 2. The minimum absolute atomic E-state index is 0.106. The number of allylic oxidation sites excluding steroid dienone is 1. The summed E-state index contributed by atoms with van der Waals surface area (Å²) < 4.78 is 5.38. The van der Waals surface area contributed by atoms with Crippen molar-refractivity contribution in [2.24, 2.45) is 0 Å². The van der Waals surface area contributed by atoms with Gasteiger partial charge < -0.3 is 9.40 Å². The topological polar surface area (TPSA) is 58.9 Å². The van der Waals surface area contributed by atoms with Gasteiger partial charge in [0.15, 0.2) is 5.78 Å². The van der Waals surface area contributed by atoms with Crippen LogP contribution in [0.1, 0.15) is 21.9 Å². The first-order valence-corrected chi connectivity index (χ1v) is 7.61. The van der Waals surface area contributed by atoms with Gasteiger partial charge in [-0.15, -0.1) is 0 Å². The Bertz CT molecular complexity index is 979. The number of hydrogen-bond acceptors (Lipinski definition) is 3. The van der Waals surface area contributed by atoms with Gasteiger partial charge in [-0.2, -0.15) is 0 Å². The number of aromatic amines is 1. The average Bonchev–Trinajstić information content (AvgIpc) is 3.29. The fraction of sp³-hybridized carbons (Fsp3) is 0. The van der Waals surface area contributed by atoms with Crippen LogP contribution in [0.3, 0.4) is 0 Å². The third-order valence-corrected chi connectivity index (χ3v) is 3.75. The zero-order valence-electron chi connectivity index (χ0n) is 12.8. The summed E-state index contributed by atoms with van der Waals surface area (Å²) in [6.07, 6.45) is 3.29. The Balaban J connectivity index is 1.86. The molecule has 2 aromatic carbocycles. The van der Waals surface area contributed by atoms with E-state index in [9.17, 15) is 4.79 Å². The summed E-state index contributed by atoms with van der Waals surface area (Å²) in [5.41, 5.74) is 2.78. The number of nitrogens with zero attached hydrogens (tertiary/aromatic N) is 1. The lowest BCUT2D eigenvalue weighted by atomic mass is 10.0. The quantitative estimate of drug-likeness (QED) is 0.443. The van der Waals surface area contributed by atoms with Crippen molar-refractivity contribution in [3.05, 3.63) is 90.1 Å². The zero-order chi connectivity index (χ0) is 16.4. The van der Waals surface area contributed by atoms with Crippen LogP contribution in [-0.2, 0) is 0 Å². The molecule has 0 saturated heterocycles. The fourth-order valence-corrected chi connectivity index (χ4v) is 2.58. The minimum atomic E-state index is -0.106. The van der Waals surface area contributed by atoms with Gasteiger partial charge in [0.05, 0.1) is 22.9 Å². The summed E-state index contributed by atoms with van der Waals surface area (Å²) in [6, 6.07) is 20.4. The van der Waals surface area contributed by atoms with Gasteiger partial charge in [-0.3, -0.25) is 4.79 Å². The second kappa shape index (κ2) is 6.01. The second-order valence-corrected chi connectivity index (χ2v) is 5.37. The van der Waals surface area contributed by atoms with E-state index in [1.54, 1.807) is 36.6 Å². The molecule has 116 valence electrons. The van der Waals surface area contributed by atoms with Crippen molar-refractivity contribution in [2.45, 2.75) is 0 Å². The van der Waals surface area contributed by atoms with Crippen LogP contribution in [0.5, 0.6) is 0 Å². The van der Waals surface area contributed by atoms with Crippen LogP contribution >= 0.6 is 0 Å². The van der Waals surface area contributed by atoms with Gasteiger partial charge in [0.2, 0.25) is 0 Å². The van der Waals surface area contributed by atoms with E-state index in [0.717, 1.165) is 11.0 Å². The molecule has 24 heavy (non-hydrogen) atoms. The zero-order valence-corrected chi connectivity index (χ0v) is 12.8. The Morgan fingerprint density at radius 3 is 2.50 bits per heavy atom. The highest BCUT2D eigenvalue weighted by atomic mass is 16.3. The van der Waals surface area contributed by atoms with Crippen LogP contribution in [0.2, 0.25) is 0 Å². The van der Waals surface area contributed by atoms with Crippen LogP contribution in [0.4, 0.5) is 0 Å². The number of Topliss-reactive ketones (excluding diaryl/α,β-unsaturated/α-hetero) is 1. The molecule has 0 aliphatic rings. The molecular formula is C20H14N2O2. The van der Waals surface area contributed by atoms with Crippen LogP contribution < -0.4 is 0 Å². The predicted octanol–water partition coefficient (Wildman–Crippen LogP) is 4.58. The molecule has 1 N–H and O–H groups in total. The molecule has 0 aliphatic carbocycles. The normalized spacial score (nSPS) is 11.8. The van der Waals surface area contributed by atoms with E-state index < -0.39 is 0 Å². The molecule has 4 aromatic rings. The van der Waals surface area contributed by atoms with Crippen LogP contribution in [0.15, 0.2) is 77.4 Å². The summed E-state index contributed by atoms with van der Waals surface area (Å²) in [6.45, 7) is 0. The van der Waals surface area contributed by atoms with Gasteiger partial charge in [-0.05, 0) is 30.3 Å². The molecule has 0 atom stereocenters. The van der Waals surface area contributed by atoms with Gasteiger partial charge in [-0.1, -0.05) is 42.5 Å². The van der Waals surface area contributed by atoms with Crippen LogP contribution in [0.25, 0.3) is 22.7 Å². The van der Waals surface area contributed by atoms with Gasteiger partial charge in [0.25, 0.3) is 0 Å². The number of H-pyrrole nitrogens is 1. The van der Waals surface area contributed by atoms with Gasteiger partial charge in [-0.25, -0.2) is 4.98 Å². The van der Waals surface area contributed by atoms with Crippen molar-refractivity contribution in [2.75, 3.05) is 0 Å². The predicted molar refractivity (Wildman–Crippen MR) is 93.4 cm³/mol. The van der Waals surface area contributed by atoms with E-state index in [4.69, 9.17) is 4.42 Å². The number of fused-ring (bicyclic) bond motifs is 1. The molecule has 0 bridgehead atoms. The first-order chi connectivity index (χ1) is 11.8. The molecule has 4 heteroatoms. The smallest absolute Gasteiger partial charge is 0.196 e. The van der Waals surface area contributed by atoms with E-state index in [-0.39, 0.29) is 5.78 Å². The molecule has 0 radical (unpaired) electrons. The standard InChI is InChI=1S/C20H14N2O2/c23-19(14-7-2-1-3-8-14)16(13-15-9-6-12-24-15)20-21-17-10-4-5-11-18(17)22-20/h1-13H,(H,21,22). The number of hydrogen-bond donors (Lipinski definition) is 1. The maximum atomic E-state index is 13.0. The number of rotatable bonds is 4. The number of ketones is 1. The third-order valence-electron chi connectivity index (χ3n) is 3.75. The highest BCUT2D eigenvalue weighted by Crippen LogP contribution is 2.23. The van der Waals surface area contributed by atoms with Crippen LogP contribution in [0, 0.1) is 0 Å². The first-order valence-electron chi connectivity index (χ1n) is 7.61. The fourth-order valence-electron chi connectivity index (χ4n) is 2.58. The van der Waals surface area contributed by atoms with E-state index >= 15 is 0 Å². The Kier molecular flexibility index (Phi) is 3.56. The van der Waals surface area contributed by atoms with Crippen molar-refractivity contribution < 1.29 is 9.21 Å². The molecule has 2 aromatic heterocycles. The highest BCUT2D eigenvalue weighted by Gasteiger charge is 2.18. The molecule has 0 fully saturated rings. The summed E-state index contributed by atoms with van der Waals surface area (Å²) in [5, 5.41) is 0. The van der Waals surface area contributed by atoms with E-state index in [2.05, 4.69) is 9.97 Å². The molecule has 0 amide bonds. The largest absolute Gasteiger partial charge is 0.465 e. The number of para-hydroxylation sites is 2. The molecule has 2 heterocycles. The number of carbonyl (C=O) groups is 1. The Labute approximate surface area is 138 Å². The number of furan rings is 1. The lowest BCUT2D eigenvalue weighted by molar-refractivity contribution is 0.105. The van der Waals surface area contributed by atoms with Gasteiger partial charge in [0, 0.05) is 5.56 Å². The highest BCUT2D eigenvalue weighted by molar-refractivity contribution is 6.31. The van der Waals surface area contributed by atoms with Gasteiger partial charge in [0.1, 0.15) is 11.6 Å². The second-order valence-electron chi connectivity index (χ2n) is 5.37. The van der Waals surface area contributed by atoms with E-state index in [0.29, 0.717) is 22.7 Å². The third kappa shape index (κ3) is 2.65. The lowest BCUT2D eigenvalue weighted by Crippen LogP contribution is -2.04. The van der Waals surface area contributed by atoms with E-state index in [1.807, 2.05) is 42.5 Å². The summed E-state index contributed by atoms with van der Waals surface area (Å²) in [7, 11) is 0. The average molecular weight is 314 g/mol. The van der Waals surface area contributed by atoms with Gasteiger partial charge >= 0.3 is 0 Å². The van der Waals surface area contributed by atoms with E-state index in [1.165, 1.54) is 0 Å². The summed E-state index contributed by atoms with van der Waals surface area (Å²) in [5.74, 6) is 1.03. The number of aromatic nitrogens is 2. The van der Waals surface area contributed by atoms with Crippen molar-refractivity contribution in [3.63, 3.8) is 0 Å². The van der Waals surface area contributed by atoms with Crippen molar-refractivity contribution in [3.8, 4) is 0 Å². The maximum absolute atomic E-state index is 13.0. The maximum Gasteiger partial charge on any atom is 0.196 e. The number of nitrogens with one attached hydrogen (secondary N) is 1. The van der Waals surface area contributed by atoms with Crippen molar-refractivity contribution >= 4 is 28.5 Å². The van der Waals surface area contributed by atoms with Crippen molar-refractivity contribution in [1.82, 2.24) is 9.97 Å². The molecule has 0 spiro atoms. The molecule has 0 saturated carbocycles. The van der Waals surface area contributed by atoms with Crippen molar-refractivity contribution in [1.29, 1.82) is 0 Å². The van der Waals surface area contributed by atoms with Crippen LogP contribution in [-0.4, -0.2) is 15.8 Å².